The molecule has 1 saturated heterocycles. The van der Waals surface area contributed by atoms with Crippen LogP contribution in [-0.2, 0) is 36.8 Å². The third-order valence-corrected chi connectivity index (χ3v) is 14.5. The molecule has 1 aromatic rings. The minimum absolute atomic E-state index is 0.00248. The van der Waals surface area contributed by atoms with Crippen LogP contribution in [0.15, 0.2) is 28.7 Å². The summed E-state index contributed by atoms with van der Waals surface area (Å²) in [5, 5.41) is 44.1. The molecular formula is C30H43N3O15P2. The van der Waals surface area contributed by atoms with Crippen molar-refractivity contribution in [2.75, 3.05) is 18.9 Å². The molecule has 4 fully saturated rings. The molecule has 13 atom stereocenters. The molecule has 278 valence electrons. The quantitative estimate of drug-likeness (QED) is 0.160. The van der Waals surface area contributed by atoms with Gasteiger partial charge in [-0.15, -0.1) is 0 Å². The Balaban J connectivity index is 1.07. The maximum Gasteiger partial charge on any atom is 0.481 e. The molecule has 2 heterocycles. The Morgan fingerprint density at radius 3 is 2.48 bits per heavy atom. The van der Waals surface area contributed by atoms with Gasteiger partial charge in [0.1, 0.15) is 36.3 Å². The highest BCUT2D eigenvalue weighted by molar-refractivity contribution is 7.61. The molecule has 0 amide bonds. The highest BCUT2D eigenvalue weighted by atomic mass is 31.3. The van der Waals surface area contributed by atoms with E-state index in [0.29, 0.717) is 32.1 Å². The van der Waals surface area contributed by atoms with Crippen LogP contribution in [0.2, 0.25) is 0 Å². The van der Waals surface area contributed by atoms with Crippen LogP contribution in [0.1, 0.15) is 65.0 Å². The molecule has 2 unspecified atom stereocenters. The van der Waals surface area contributed by atoms with Crippen LogP contribution < -0.4 is 11.4 Å². The van der Waals surface area contributed by atoms with Gasteiger partial charge in [0.05, 0.1) is 12.7 Å². The van der Waals surface area contributed by atoms with E-state index >= 15 is 0 Å². The monoisotopic (exact) mass is 747 g/mol. The first kappa shape index (κ1) is 37.6. The summed E-state index contributed by atoms with van der Waals surface area (Å²) in [6.45, 7) is 1.65. The number of anilines is 1. The van der Waals surface area contributed by atoms with E-state index in [4.69, 9.17) is 19.5 Å². The zero-order chi connectivity index (χ0) is 36.6. The zero-order valence-electron chi connectivity index (χ0n) is 27.4. The van der Waals surface area contributed by atoms with Crippen molar-refractivity contribution in [2.24, 2.45) is 28.6 Å². The third-order valence-electron chi connectivity index (χ3n) is 11.9. The number of hydrogen-bond acceptors (Lipinski definition) is 15. The largest absolute Gasteiger partial charge is 0.481 e. The SMILES string of the molecule is C[C@]12CCC(=O)C=C1CC[C@@H]1[C@@H]2[C@@H](O)C[C@@]2(C)[C@H]1CC[C@]2(O)C(=O)COP(=O)(O)OP(=O)(O)OC[C@H]1O[C@@H](n2ccc(N)nc2=O)[C@@H](O)[C@@H]1O. The number of aliphatic hydroxyl groups excluding tert-OH is 3. The van der Waals surface area contributed by atoms with Crippen molar-refractivity contribution in [1.29, 1.82) is 0 Å². The Morgan fingerprint density at radius 1 is 1.08 bits per heavy atom. The number of Topliss-reactive ketones (excluding diaryl/α,β-unsaturated/α-hetero) is 1. The molecule has 1 aromatic heterocycles. The lowest BCUT2D eigenvalue weighted by Gasteiger charge is -2.60. The molecule has 0 bridgehead atoms. The number of ketones is 2. The first-order valence-corrected chi connectivity index (χ1v) is 19.4. The standard InChI is InChI=1S/C30H43N3O15P2/c1-28-8-5-16(34)11-15(28)3-4-17-18-6-9-30(40,29(18,2)12-19(35)23(17)28)21(36)14-46-50(43,44)48-49(41,42)45-13-20-24(37)25(38)26(47-20)33-10-7-22(31)32-27(33)39/h7,10-11,17-20,23-26,35,37-38,40H,3-6,8-9,12-14H2,1-2H3,(H,41,42)(H,43,44)(H2,31,32,39)/t17-,18-,19-,20+,23+,24+,25-,26+,28-,29-,30-/m0/s1. The zero-order valence-corrected chi connectivity index (χ0v) is 29.2. The Bertz CT molecular complexity index is 1740. The summed E-state index contributed by atoms with van der Waals surface area (Å²) < 4.78 is 45.2. The Hall–Kier alpha value is -2.18. The van der Waals surface area contributed by atoms with Crippen molar-refractivity contribution < 1.29 is 67.0 Å². The predicted molar refractivity (Wildman–Crippen MR) is 170 cm³/mol. The van der Waals surface area contributed by atoms with Gasteiger partial charge in [-0.3, -0.25) is 23.2 Å². The molecule has 3 saturated carbocycles. The number of hydrogen-bond donors (Lipinski definition) is 7. The summed E-state index contributed by atoms with van der Waals surface area (Å²) in [5.41, 5.74) is 2.00. The van der Waals surface area contributed by atoms with E-state index in [1.165, 1.54) is 6.07 Å². The van der Waals surface area contributed by atoms with E-state index in [1.807, 2.05) is 0 Å². The molecule has 18 nitrogen and oxygen atoms in total. The smallest absolute Gasteiger partial charge is 0.393 e. The summed E-state index contributed by atoms with van der Waals surface area (Å²) in [6, 6.07) is 1.23. The number of phosphoric ester groups is 2. The lowest BCUT2D eigenvalue weighted by atomic mass is 9.45. The van der Waals surface area contributed by atoms with Gasteiger partial charge in [-0.05, 0) is 73.8 Å². The van der Waals surface area contributed by atoms with Crippen molar-refractivity contribution in [2.45, 2.75) is 95.0 Å². The number of phosphoric acid groups is 2. The van der Waals surface area contributed by atoms with Gasteiger partial charge < -0.3 is 40.7 Å². The number of nitrogens with two attached hydrogens (primary N) is 1. The summed E-state index contributed by atoms with van der Waals surface area (Å²) in [6.07, 6.45) is -1.66. The van der Waals surface area contributed by atoms with Gasteiger partial charge in [0, 0.05) is 18.0 Å². The number of nitrogen functional groups attached to an aromatic ring is 1. The van der Waals surface area contributed by atoms with Crippen molar-refractivity contribution in [1.82, 2.24) is 9.55 Å². The maximum atomic E-state index is 13.5. The molecule has 8 N–H and O–H groups in total. The number of nitrogens with zero attached hydrogens (tertiary/aromatic N) is 2. The van der Waals surface area contributed by atoms with E-state index in [1.54, 1.807) is 13.0 Å². The molecule has 5 aliphatic rings. The van der Waals surface area contributed by atoms with Crippen molar-refractivity contribution >= 4 is 33.0 Å². The van der Waals surface area contributed by atoms with Crippen molar-refractivity contribution in [3.8, 4) is 0 Å². The second kappa shape index (κ2) is 13.0. The van der Waals surface area contributed by atoms with E-state index in [9.17, 15) is 53.7 Å². The first-order chi connectivity index (χ1) is 23.2. The summed E-state index contributed by atoms with van der Waals surface area (Å²) in [7, 11) is -10.9. The fourth-order valence-corrected chi connectivity index (χ4v) is 11.5. The molecule has 0 aromatic carbocycles. The molecule has 1 aliphatic heterocycles. The minimum Gasteiger partial charge on any atom is -0.393 e. The van der Waals surface area contributed by atoms with E-state index in [-0.39, 0.29) is 47.6 Å². The van der Waals surface area contributed by atoms with Gasteiger partial charge in [0.2, 0.25) is 0 Å². The van der Waals surface area contributed by atoms with Crippen LogP contribution in [0.3, 0.4) is 0 Å². The molecule has 6 rings (SSSR count). The number of allylic oxidation sites excluding steroid dienone is 1. The van der Waals surface area contributed by atoms with Gasteiger partial charge in [-0.25, -0.2) is 13.9 Å². The summed E-state index contributed by atoms with van der Waals surface area (Å²) in [4.78, 5) is 61.7. The van der Waals surface area contributed by atoms with E-state index < -0.39 is 82.0 Å². The first-order valence-electron chi connectivity index (χ1n) is 16.4. The molecule has 20 heteroatoms. The average Bonchev–Trinajstić information content (AvgIpc) is 3.46. The summed E-state index contributed by atoms with van der Waals surface area (Å²) >= 11 is 0. The normalized spacial score (nSPS) is 42.1. The lowest BCUT2D eigenvalue weighted by Crippen LogP contribution is -2.62. The summed E-state index contributed by atoms with van der Waals surface area (Å²) in [5.74, 6) is -1.40. The van der Waals surface area contributed by atoms with Crippen LogP contribution in [0.4, 0.5) is 5.82 Å². The highest BCUT2D eigenvalue weighted by Gasteiger charge is 2.68. The van der Waals surface area contributed by atoms with Crippen molar-refractivity contribution in [3.05, 3.63) is 34.4 Å². The number of aliphatic hydroxyl groups is 4. The Morgan fingerprint density at radius 2 is 1.78 bits per heavy atom. The van der Waals surface area contributed by atoms with Gasteiger partial charge in [0.15, 0.2) is 17.8 Å². The lowest BCUT2D eigenvalue weighted by molar-refractivity contribution is -0.182. The number of carbonyl (C=O) groups excluding carboxylic acids is 2. The highest BCUT2D eigenvalue weighted by Crippen LogP contribution is 2.68. The Labute approximate surface area is 286 Å². The van der Waals surface area contributed by atoms with Crippen LogP contribution in [0.5, 0.6) is 0 Å². The number of carbonyl (C=O) groups is 2. The van der Waals surface area contributed by atoms with Crippen LogP contribution in [-0.4, -0.2) is 94.6 Å². The van der Waals surface area contributed by atoms with E-state index in [2.05, 4.69) is 16.2 Å². The number of rotatable bonds is 10. The van der Waals surface area contributed by atoms with Gasteiger partial charge in [-0.2, -0.15) is 9.29 Å². The number of fused-ring (bicyclic) bond motifs is 5. The second-order valence-electron chi connectivity index (χ2n) is 14.6. The topological polar surface area (TPSA) is 287 Å². The number of ether oxygens (including phenoxy) is 1. The molecule has 0 spiro atoms. The van der Waals surface area contributed by atoms with Gasteiger partial charge in [-0.1, -0.05) is 19.4 Å². The van der Waals surface area contributed by atoms with E-state index in [0.717, 1.165) is 16.3 Å². The van der Waals surface area contributed by atoms with Crippen molar-refractivity contribution in [3.63, 3.8) is 0 Å². The van der Waals surface area contributed by atoms with Gasteiger partial charge in [0.25, 0.3) is 0 Å². The van der Waals surface area contributed by atoms with Crippen LogP contribution >= 0.6 is 15.6 Å². The molecule has 50 heavy (non-hydrogen) atoms. The predicted octanol–water partition coefficient (Wildman–Crippen LogP) is 0.498. The average molecular weight is 748 g/mol. The number of aromatic nitrogens is 2. The minimum atomic E-state index is -5.49. The van der Waals surface area contributed by atoms with Gasteiger partial charge >= 0.3 is 21.3 Å². The Kier molecular flexibility index (Phi) is 9.80. The maximum absolute atomic E-state index is 13.5. The fourth-order valence-electron chi connectivity index (χ4n) is 9.47. The second-order valence-corrected chi connectivity index (χ2v) is 17.6. The molecule has 0 radical (unpaired) electrons. The fraction of sp³-hybridized carbons (Fsp3) is 0.733. The molecule has 4 aliphatic carbocycles. The third kappa shape index (κ3) is 6.41. The van der Waals surface area contributed by atoms with Crippen LogP contribution in [0.25, 0.3) is 0 Å². The van der Waals surface area contributed by atoms with Crippen LogP contribution in [0, 0.1) is 28.6 Å². The molecular weight excluding hydrogens is 704 g/mol.